The van der Waals surface area contributed by atoms with E-state index >= 15 is 0 Å². The Kier molecular flexibility index (Phi) is 4.98. The lowest BCUT2D eigenvalue weighted by molar-refractivity contribution is -0.392. The van der Waals surface area contributed by atoms with Crippen molar-refractivity contribution < 1.29 is 18.9 Å². The fourth-order valence-corrected chi connectivity index (χ4v) is 3.08. The summed E-state index contributed by atoms with van der Waals surface area (Å²) in [7, 11) is 1.44. The molecule has 0 aliphatic rings. The first-order valence-corrected chi connectivity index (χ1v) is 8.31. The van der Waals surface area contributed by atoms with E-state index in [4.69, 9.17) is 9.15 Å². The van der Waals surface area contributed by atoms with Crippen LogP contribution in [0.25, 0.3) is 10.3 Å². The second-order valence-electron chi connectivity index (χ2n) is 5.30. The van der Waals surface area contributed by atoms with E-state index in [0.29, 0.717) is 27.4 Å². The second-order valence-corrected chi connectivity index (χ2v) is 6.28. The molecular weight excluding hydrogens is 378 g/mol. The molecule has 0 aliphatic heterocycles. The second kappa shape index (κ2) is 7.37. The van der Waals surface area contributed by atoms with Crippen LogP contribution in [0.5, 0.6) is 5.75 Å². The summed E-state index contributed by atoms with van der Waals surface area (Å²) in [6.07, 6.45) is 2.45. The number of carbonyl (C=O) groups is 1. The van der Waals surface area contributed by atoms with E-state index in [2.05, 4.69) is 15.5 Å². The maximum absolute atomic E-state index is 12.0. The lowest BCUT2D eigenvalue weighted by Crippen LogP contribution is -2.24. The number of hydrogen-bond acceptors (Lipinski definition) is 9. The molecule has 0 saturated carbocycles. The number of ether oxygens (including phenoxy) is 1. The fourth-order valence-electron chi connectivity index (χ4n) is 2.35. The lowest BCUT2D eigenvalue weighted by atomic mass is 10.2. The number of nitrogens with one attached hydrogen (secondary N) is 1. The summed E-state index contributed by atoms with van der Waals surface area (Å²) in [5.74, 6) is -0.137. The van der Waals surface area contributed by atoms with Crippen LogP contribution in [-0.4, -0.2) is 33.7 Å². The molecule has 1 aromatic carbocycles. The standard InChI is InChI=1S/C15H13N5O6S/c1-8-16-6-13(20(23)24)19(8)7-12(21)18-17-5-9-3-10(25-2)14-11(4-9)27-15(22)26-14/h3-6H,7H2,1-2H3,(H,18,21)/b17-5+. The smallest absolute Gasteiger partial charge is 0.396 e. The van der Waals surface area contributed by atoms with Crippen molar-refractivity contribution in [2.75, 3.05) is 7.11 Å². The SMILES string of the molecule is COc1cc(/C=N/NC(=O)Cn2c([N+](=O)[O-])cnc2C)cc2sc(=O)oc12. The van der Waals surface area contributed by atoms with Crippen molar-refractivity contribution in [3.05, 3.63) is 49.6 Å². The van der Waals surface area contributed by atoms with Crippen LogP contribution in [0.3, 0.4) is 0 Å². The Balaban J connectivity index is 1.73. The molecule has 0 fully saturated rings. The van der Waals surface area contributed by atoms with Crippen molar-refractivity contribution in [3.63, 3.8) is 0 Å². The Morgan fingerprint density at radius 2 is 2.33 bits per heavy atom. The predicted molar refractivity (Wildman–Crippen MR) is 96.3 cm³/mol. The minimum absolute atomic E-state index is 0.281. The van der Waals surface area contributed by atoms with Gasteiger partial charge in [-0.15, -0.1) is 0 Å². The van der Waals surface area contributed by atoms with E-state index in [-0.39, 0.29) is 12.4 Å². The number of aryl methyl sites for hydroxylation is 1. The van der Waals surface area contributed by atoms with E-state index in [0.717, 1.165) is 17.5 Å². The summed E-state index contributed by atoms with van der Waals surface area (Å²) in [5, 5.41) is 14.8. The molecule has 0 radical (unpaired) electrons. The topological polar surface area (TPSA) is 142 Å². The number of nitro groups is 1. The van der Waals surface area contributed by atoms with Crippen LogP contribution in [-0.2, 0) is 11.3 Å². The number of rotatable bonds is 6. The quantitative estimate of drug-likeness (QED) is 0.380. The van der Waals surface area contributed by atoms with Gasteiger partial charge in [-0.25, -0.2) is 19.8 Å². The van der Waals surface area contributed by atoms with Crippen LogP contribution in [0.2, 0.25) is 0 Å². The highest BCUT2D eigenvalue weighted by molar-refractivity contribution is 7.16. The van der Waals surface area contributed by atoms with Gasteiger partial charge in [0, 0.05) is 6.92 Å². The first-order chi connectivity index (χ1) is 12.9. The molecule has 1 N–H and O–H groups in total. The monoisotopic (exact) mass is 391 g/mol. The van der Waals surface area contributed by atoms with Gasteiger partial charge in [0.25, 0.3) is 5.91 Å². The highest BCUT2D eigenvalue weighted by atomic mass is 32.1. The maximum Gasteiger partial charge on any atom is 0.396 e. The molecule has 0 spiro atoms. The number of hydrazone groups is 1. The molecule has 12 heteroatoms. The number of carbonyl (C=O) groups excluding carboxylic acids is 1. The van der Waals surface area contributed by atoms with Crippen molar-refractivity contribution >= 4 is 39.6 Å². The largest absolute Gasteiger partial charge is 0.493 e. The first kappa shape index (κ1) is 18.3. The highest BCUT2D eigenvalue weighted by Gasteiger charge is 2.19. The average molecular weight is 391 g/mol. The summed E-state index contributed by atoms with van der Waals surface area (Å²) < 4.78 is 12.0. The van der Waals surface area contributed by atoms with Gasteiger partial charge in [0.05, 0.1) is 18.0 Å². The van der Waals surface area contributed by atoms with Crippen molar-refractivity contribution in [1.29, 1.82) is 0 Å². The van der Waals surface area contributed by atoms with E-state index in [1.54, 1.807) is 19.1 Å². The van der Waals surface area contributed by atoms with Crippen LogP contribution in [0.4, 0.5) is 5.82 Å². The van der Waals surface area contributed by atoms with Crippen LogP contribution < -0.4 is 15.1 Å². The van der Waals surface area contributed by atoms with Crippen LogP contribution in [0.15, 0.2) is 32.6 Å². The zero-order valence-corrected chi connectivity index (χ0v) is 15.0. The van der Waals surface area contributed by atoms with Gasteiger partial charge in [-0.2, -0.15) is 5.10 Å². The molecule has 3 rings (SSSR count). The van der Waals surface area contributed by atoms with Crippen molar-refractivity contribution in [2.45, 2.75) is 13.5 Å². The van der Waals surface area contributed by atoms with E-state index in [9.17, 15) is 19.7 Å². The Morgan fingerprint density at radius 1 is 1.56 bits per heavy atom. The molecule has 0 saturated heterocycles. The molecule has 3 aromatic rings. The number of methoxy groups -OCH3 is 1. The Hall–Kier alpha value is -3.54. The predicted octanol–water partition coefficient (Wildman–Crippen LogP) is 1.43. The van der Waals surface area contributed by atoms with E-state index < -0.39 is 15.8 Å². The summed E-state index contributed by atoms with van der Waals surface area (Å²) in [5.41, 5.74) is 3.21. The van der Waals surface area contributed by atoms with Crippen molar-refractivity contribution in [3.8, 4) is 5.75 Å². The normalized spacial score (nSPS) is 11.2. The first-order valence-electron chi connectivity index (χ1n) is 7.49. The number of imidazole rings is 1. The third kappa shape index (κ3) is 3.84. The summed E-state index contributed by atoms with van der Waals surface area (Å²) in [4.78, 5) is 37.0. The molecule has 0 unspecified atom stereocenters. The van der Waals surface area contributed by atoms with Crippen LogP contribution >= 0.6 is 11.3 Å². The summed E-state index contributed by atoms with van der Waals surface area (Å²) in [6.45, 7) is 1.26. The Labute approximate surface area is 155 Å². The molecule has 2 heterocycles. The Morgan fingerprint density at radius 3 is 3.04 bits per heavy atom. The minimum Gasteiger partial charge on any atom is -0.493 e. The van der Waals surface area contributed by atoms with Crippen LogP contribution in [0.1, 0.15) is 11.4 Å². The molecular formula is C15H13N5O6S. The third-order valence-corrected chi connectivity index (χ3v) is 4.34. The van der Waals surface area contributed by atoms with Gasteiger partial charge >= 0.3 is 10.8 Å². The fraction of sp³-hybridized carbons (Fsp3) is 0.200. The molecule has 27 heavy (non-hydrogen) atoms. The zero-order valence-electron chi connectivity index (χ0n) is 14.2. The molecule has 0 bridgehead atoms. The van der Waals surface area contributed by atoms with Gasteiger partial charge in [0.15, 0.2) is 23.7 Å². The zero-order chi connectivity index (χ0) is 19.6. The van der Waals surface area contributed by atoms with Gasteiger partial charge in [0.1, 0.15) is 6.20 Å². The molecule has 0 atom stereocenters. The molecule has 1 amide bonds. The molecule has 2 aromatic heterocycles. The van der Waals surface area contributed by atoms with Crippen LogP contribution in [0, 0.1) is 17.0 Å². The van der Waals surface area contributed by atoms with Gasteiger partial charge in [0.2, 0.25) is 0 Å². The van der Waals surface area contributed by atoms with E-state index in [1.807, 2.05) is 0 Å². The molecule has 0 aliphatic carbocycles. The lowest BCUT2D eigenvalue weighted by Gasteiger charge is -2.03. The summed E-state index contributed by atoms with van der Waals surface area (Å²) in [6, 6.07) is 3.26. The van der Waals surface area contributed by atoms with Gasteiger partial charge < -0.3 is 19.3 Å². The minimum atomic E-state index is -0.617. The van der Waals surface area contributed by atoms with E-state index in [1.165, 1.54) is 17.9 Å². The third-order valence-electron chi connectivity index (χ3n) is 3.57. The molecule has 11 nitrogen and oxygen atoms in total. The number of fused-ring (bicyclic) bond motifs is 1. The van der Waals surface area contributed by atoms with Crippen molar-refractivity contribution in [2.24, 2.45) is 5.10 Å². The van der Waals surface area contributed by atoms with Crippen molar-refractivity contribution in [1.82, 2.24) is 15.0 Å². The number of hydrogen-bond donors (Lipinski definition) is 1. The van der Waals surface area contributed by atoms with Gasteiger partial charge in [-0.1, -0.05) is 11.3 Å². The average Bonchev–Trinajstić information content (AvgIpc) is 3.16. The number of amides is 1. The molecule has 140 valence electrons. The van der Waals surface area contributed by atoms with Gasteiger partial charge in [-0.3, -0.25) is 4.79 Å². The van der Waals surface area contributed by atoms with Gasteiger partial charge in [-0.05, 0) is 22.6 Å². The number of benzene rings is 1. The maximum atomic E-state index is 12.0. The number of aromatic nitrogens is 2. The summed E-state index contributed by atoms with van der Waals surface area (Å²) >= 11 is 0.919. The number of nitrogens with zero attached hydrogens (tertiary/aromatic N) is 4. The Bertz CT molecular complexity index is 1110. The highest BCUT2D eigenvalue weighted by Crippen LogP contribution is 2.28.